The van der Waals surface area contributed by atoms with Gasteiger partial charge < -0.3 is 9.47 Å². The molecule has 0 aromatic heterocycles. The summed E-state index contributed by atoms with van der Waals surface area (Å²) in [6.07, 6.45) is 1.65. The van der Waals surface area contributed by atoms with Gasteiger partial charge in [0.2, 0.25) is 0 Å². The standard InChI is InChI=1S/C14H16BrClO3/c1-2-18-13(17)14(6-7-14)9-19-12-10(8-16)4-3-5-11(12)15/h3-5H,2,6-9H2,1H3. The van der Waals surface area contributed by atoms with Gasteiger partial charge in [0.1, 0.15) is 17.8 Å². The second-order valence-electron chi connectivity index (χ2n) is 4.65. The van der Waals surface area contributed by atoms with E-state index in [1.54, 1.807) is 0 Å². The van der Waals surface area contributed by atoms with Gasteiger partial charge in [-0.1, -0.05) is 12.1 Å². The number of halogens is 2. The maximum Gasteiger partial charge on any atom is 0.315 e. The molecule has 0 bridgehead atoms. The molecule has 0 spiro atoms. The maximum atomic E-state index is 11.8. The number of hydrogen-bond acceptors (Lipinski definition) is 3. The Bertz CT molecular complexity index is 472. The average molecular weight is 348 g/mol. The topological polar surface area (TPSA) is 35.5 Å². The zero-order valence-electron chi connectivity index (χ0n) is 10.7. The third-order valence-electron chi connectivity index (χ3n) is 3.25. The van der Waals surface area contributed by atoms with Crippen LogP contribution in [0.4, 0.5) is 0 Å². The zero-order valence-corrected chi connectivity index (χ0v) is 13.1. The smallest absolute Gasteiger partial charge is 0.315 e. The summed E-state index contributed by atoms with van der Waals surface area (Å²) in [6.45, 7) is 2.56. The highest BCUT2D eigenvalue weighted by Gasteiger charge is 2.52. The SMILES string of the molecule is CCOC(=O)C1(COc2c(Br)cccc2CCl)CC1. The zero-order chi connectivity index (χ0) is 13.9. The van der Waals surface area contributed by atoms with Crippen LogP contribution in [0.2, 0.25) is 0 Å². The molecular formula is C14H16BrClO3. The van der Waals surface area contributed by atoms with Crippen LogP contribution in [-0.4, -0.2) is 19.2 Å². The van der Waals surface area contributed by atoms with Gasteiger partial charge in [-0.3, -0.25) is 4.79 Å². The first-order valence-electron chi connectivity index (χ1n) is 6.26. The molecule has 0 radical (unpaired) electrons. The van der Waals surface area contributed by atoms with Gasteiger partial charge in [0.25, 0.3) is 0 Å². The summed E-state index contributed by atoms with van der Waals surface area (Å²) in [7, 11) is 0. The lowest BCUT2D eigenvalue weighted by Gasteiger charge is -2.17. The molecule has 104 valence electrons. The molecule has 2 rings (SSSR count). The van der Waals surface area contributed by atoms with Crippen LogP contribution in [-0.2, 0) is 15.4 Å². The largest absolute Gasteiger partial charge is 0.491 e. The van der Waals surface area contributed by atoms with E-state index in [0.29, 0.717) is 24.8 Å². The first-order chi connectivity index (χ1) is 9.13. The summed E-state index contributed by atoms with van der Waals surface area (Å²) in [4.78, 5) is 11.8. The van der Waals surface area contributed by atoms with Gasteiger partial charge in [0.05, 0.1) is 17.0 Å². The number of esters is 1. The van der Waals surface area contributed by atoms with E-state index in [2.05, 4.69) is 15.9 Å². The molecule has 1 aliphatic rings. The van der Waals surface area contributed by atoms with Crippen LogP contribution in [0.5, 0.6) is 5.75 Å². The molecular weight excluding hydrogens is 332 g/mol. The van der Waals surface area contributed by atoms with Crippen molar-refractivity contribution in [1.29, 1.82) is 0 Å². The molecule has 0 unspecified atom stereocenters. The average Bonchev–Trinajstić information content (AvgIpc) is 3.18. The molecule has 5 heteroatoms. The molecule has 1 aromatic rings. The molecule has 0 N–H and O–H groups in total. The molecule has 3 nitrogen and oxygen atoms in total. The molecule has 0 atom stereocenters. The third kappa shape index (κ3) is 3.23. The maximum absolute atomic E-state index is 11.8. The normalized spacial score (nSPS) is 15.9. The van der Waals surface area contributed by atoms with E-state index in [9.17, 15) is 4.79 Å². The fourth-order valence-corrected chi connectivity index (χ4v) is 2.61. The van der Waals surface area contributed by atoms with Crippen LogP contribution in [0.15, 0.2) is 22.7 Å². The minimum atomic E-state index is -0.450. The van der Waals surface area contributed by atoms with Crippen molar-refractivity contribution in [2.24, 2.45) is 5.41 Å². The van der Waals surface area contributed by atoms with Gasteiger partial charge in [-0.2, -0.15) is 0 Å². The molecule has 0 saturated heterocycles. The Labute approximate surface area is 126 Å². The third-order valence-corrected chi connectivity index (χ3v) is 4.16. The van der Waals surface area contributed by atoms with Crippen LogP contribution < -0.4 is 4.74 Å². The second-order valence-corrected chi connectivity index (χ2v) is 5.77. The van der Waals surface area contributed by atoms with Crippen molar-refractivity contribution in [1.82, 2.24) is 0 Å². The van der Waals surface area contributed by atoms with E-state index in [-0.39, 0.29) is 5.97 Å². The van der Waals surface area contributed by atoms with Crippen LogP contribution in [0.3, 0.4) is 0 Å². The highest BCUT2D eigenvalue weighted by atomic mass is 79.9. The minimum Gasteiger partial charge on any atom is -0.491 e. The van der Waals surface area contributed by atoms with Crippen LogP contribution in [0, 0.1) is 5.41 Å². The minimum absolute atomic E-state index is 0.158. The van der Waals surface area contributed by atoms with Crippen LogP contribution in [0.25, 0.3) is 0 Å². The summed E-state index contributed by atoms with van der Waals surface area (Å²) in [5, 5.41) is 0. The Morgan fingerprint density at radius 2 is 2.21 bits per heavy atom. The Morgan fingerprint density at radius 1 is 1.47 bits per heavy atom. The molecule has 0 aliphatic heterocycles. The number of alkyl halides is 1. The van der Waals surface area contributed by atoms with Gasteiger partial charge in [-0.05, 0) is 41.8 Å². The summed E-state index contributed by atoms with van der Waals surface area (Å²) in [5.74, 6) is 0.934. The number of rotatable bonds is 6. The Balaban J connectivity index is 2.05. The van der Waals surface area contributed by atoms with Gasteiger partial charge in [-0.25, -0.2) is 0 Å². The Hall–Kier alpha value is -0.740. The summed E-state index contributed by atoms with van der Waals surface area (Å²) in [5.41, 5.74) is 0.463. The van der Waals surface area contributed by atoms with Gasteiger partial charge in [0.15, 0.2) is 0 Å². The lowest BCUT2D eigenvalue weighted by Crippen LogP contribution is -2.26. The van der Waals surface area contributed by atoms with E-state index in [1.807, 2.05) is 25.1 Å². The van der Waals surface area contributed by atoms with E-state index in [1.165, 1.54) is 0 Å². The Morgan fingerprint density at radius 3 is 2.79 bits per heavy atom. The van der Waals surface area contributed by atoms with Crippen molar-refractivity contribution in [3.8, 4) is 5.75 Å². The monoisotopic (exact) mass is 346 g/mol. The highest BCUT2D eigenvalue weighted by Crippen LogP contribution is 2.47. The lowest BCUT2D eigenvalue weighted by molar-refractivity contribution is -0.150. The summed E-state index contributed by atoms with van der Waals surface area (Å²) < 4.78 is 11.8. The molecule has 1 saturated carbocycles. The van der Waals surface area contributed by atoms with E-state index in [4.69, 9.17) is 21.1 Å². The number of ether oxygens (including phenoxy) is 2. The second kappa shape index (κ2) is 6.14. The van der Waals surface area contributed by atoms with E-state index < -0.39 is 5.41 Å². The van der Waals surface area contributed by atoms with Gasteiger partial charge in [0, 0.05) is 5.56 Å². The molecule has 1 aromatic carbocycles. The predicted octanol–water partition coefficient (Wildman–Crippen LogP) is 3.91. The molecule has 0 heterocycles. The number of carbonyl (C=O) groups is 1. The van der Waals surface area contributed by atoms with Gasteiger partial charge in [-0.15, -0.1) is 11.6 Å². The van der Waals surface area contributed by atoms with E-state index >= 15 is 0 Å². The van der Waals surface area contributed by atoms with Crippen molar-refractivity contribution < 1.29 is 14.3 Å². The summed E-state index contributed by atoms with van der Waals surface area (Å²) >= 11 is 9.33. The number of carbonyl (C=O) groups excluding carboxylic acids is 1. The fraction of sp³-hybridized carbons (Fsp3) is 0.500. The number of benzene rings is 1. The van der Waals surface area contributed by atoms with Crippen molar-refractivity contribution in [3.63, 3.8) is 0 Å². The predicted molar refractivity (Wildman–Crippen MR) is 77.5 cm³/mol. The van der Waals surface area contributed by atoms with E-state index in [0.717, 1.165) is 22.9 Å². The Kier molecular flexibility index (Phi) is 4.74. The van der Waals surface area contributed by atoms with Crippen molar-refractivity contribution in [3.05, 3.63) is 28.2 Å². The molecule has 0 amide bonds. The lowest BCUT2D eigenvalue weighted by atomic mass is 10.1. The van der Waals surface area contributed by atoms with Crippen molar-refractivity contribution in [2.45, 2.75) is 25.6 Å². The summed E-state index contributed by atoms with van der Waals surface area (Å²) in [6, 6.07) is 5.72. The first-order valence-corrected chi connectivity index (χ1v) is 7.59. The highest BCUT2D eigenvalue weighted by molar-refractivity contribution is 9.10. The van der Waals surface area contributed by atoms with Crippen LogP contribution in [0.1, 0.15) is 25.3 Å². The quantitative estimate of drug-likeness (QED) is 0.578. The molecule has 1 aliphatic carbocycles. The van der Waals surface area contributed by atoms with Crippen LogP contribution >= 0.6 is 27.5 Å². The fourth-order valence-electron chi connectivity index (χ4n) is 1.87. The van der Waals surface area contributed by atoms with Gasteiger partial charge >= 0.3 is 5.97 Å². The first kappa shape index (κ1) is 14.7. The molecule has 1 fully saturated rings. The number of para-hydroxylation sites is 1. The van der Waals surface area contributed by atoms with Crippen molar-refractivity contribution >= 4 is 33.5 Å². The molecule has 19 heavy (non-hydrogen) atoms. The number of hydrogen-bond donors (Lipinski definition) is 0. The van der Waals surface area contributed by atoms with Crippen molar-refractivity contribution in [2.75, 3.05) is 13.2 Å².